The van der Waals surface area contributed by atoms with Crippen LogP contribution < -0.4 is 9.47 Å². The van der Waals surface area contributed by atoms with Gasteiger partial charge in [-0.15, -0.1) is 10.2 Å². The topological polar surface area (TPSA) is 122 Å². The van der Waals surface area contributed by atoms with Gasteiger partial charge in [0.25, 0.3) is 0 Å². The number of ether oxygens (including phenoxy) is 2. The molecule has 11 nitrogen and oxygen atoms in total. The van der Waals surface area contributed by atoms with Crippen molar-refractivity contribution in [1.82, 2.24) is 24.7 Å². The molecule has 30 heavy (non-hydrogen) atoms. The number of hydrogen-bond donors (Lipinski definition) is 0. The van der Waals surface area contributed by atoms with Crippen LogP contribution in [-0.2, 0) is 5.88 Å². The molecule has 2 aromatic heterocycles. The minimum atomic E-state index is -0.419. The number of aromatic nitrogens is 5. The molecule has 0 radical (unpaired) electrons. The first kappa shape index (κ1) is 21.3. The molecule has 0 atom stereocenters. The van der Waals surface area contributed by atoms with Crippen LogP contribution in [0.3, 0.4) is 0 Å². The summed E-state index contributed by atoms with van der Waals surface area (Å²) in [6.45, 7) is 5.07. The van der Waals surface area contributed by atoms with Crippen LogP contribution in [0.1, 0.15) is 22.8 Å². The van der Waals surface area contributed by atoms with Gasteiger partial charge in [-0.25, -0.2) is 0 Å². The van der Waals surface area contributed by atoms with E-state index in [0.717, 1.165) is 5.56 Å². The minimum absolute atomic E-state index is 0.0244. The molecule has 0 aliphatic heterocycles. The highest BCUT2D eigenvalue weighted by Crippen LogP contribution is 2.30. The predicted octanol–water partition coefficient (Wildman–Crippen LogP) is 2.96. The summed E-state index contributed by atoms with van der Waals surface area (Å²) in [6.07, 6.45) is 1.63. The zero-order chi connectivity index (χ0) is 21.8. The van der Waals surface area contributed by atoms with E-state index in [-0.39, 0.29) is 5.69 Å². The Hall–Kier alpha value is -3.41. The van der Waals surface area contributed by atoms with E-state index in [1.54, 1.807) is 56.6 Å². The van der Waals surface area contributed by atoms with Crippen LogP contribution in [0.4, 0.5) is 5.69 Å². The Labute approximate surface area is 176 Å². The van der Waals surface area contributed by atoms with E-state index in [2.05, 4.69) is 20.4 Å². The highest BCUT2D eigenvalue weighted by atomic mass is 32.2. The van der Waals surface area contributed by atoms with Gasteiger partial charge in [0.1, 0.15) is 11.4 Å². The Morgan fingerprint density at radius 1 is 1.23 bits per heavy atom. The number of hydrogen-bond acceptors (Lipinski definition) is 9. The number of aryl methyl sites for hydroxylation is 2. The molecule has 0 unspecified atom stereocenters. The zero-order valence-electron chi connectivity index (χ0n) is 17.2. The number of para-hydroxylation sites is 1. The first-order valence-corrected chi connectivity index (χ1v) is 9.84. The molecule has 0 spiro atoms. The summed E-state index contributed by atoms with van der Waals surface area (Å²) in [4.78, 5) is 10.8. The van der Waals surface area contributed by atoms with Crippen LogP contribution in [0.25, 0.3) is 0 Å². The standard InChI is InChI=1S/C18H21N7O4S/c1-11-16(25(26)27)12(2)23(22-11)10-30-18-21-20-13(3)24(18)19-9-14-7-6-8-15(28-4)17(14)29-5/h6-9H,10H2,1-5H3/b19-9+. The Kier molecular flexibility index (Phi) is 6.35. The van der Waals surface area contributed by atoms with E-state index in [9.17, 15) is 10.1 Å². The SMILES string of the molecule is COc1cccc(/C=N/n2c(C)nnc2SCn2nc(C)c([N+](=O)[O-])c2C)c1OC. The molecule has 3 aromatic rings. The lowest BCUT2D eigenvalue weighted by Gasteiger charge is -2.09. The average Bonchev–Trinajstić information content (AvgIpc) is 3.22. The molecule has 0 saturated heterocycles. The van der Waals surface area contributed by atoms with Gasteiger partial charge in [0.05, 0.1) is 31.2 Å². The van der Waals surface area contributed by atoms with Gasteiger partial charge < -0.3 is 9.47 Å². The van der Waals surface area contributed by atoms with Crippen molar-refractivity contribution < 1.29 is 14.4 Å². The van der Waals surface area contributed by atoms with Crippen molar-refractivity contribution in [2.75, 3.05) is 14.2 Å². The van der Waals surface area contributed by atoms with E-state index < -0.39 is 4.92 Å². The fourth-order valence-corrected chi connectivity index (χ4v) is 3.78. The quantitative estimate of drug-likeness (QED) is 0.231. The number of benzene rings is 1. The molecule has 0 N–H and O–H groups in total. The van der Waals surface area contributed by atoms with E-state index in [0.29, 0.717) is 39.7 Å². The normalized spacial score (nSPS) is 11.2. The largest absolute Gasteiger partial charge is 0.493 e. The molecule has 0 aliphatic carbocycles. The molecule has 0 fully saturated rings. The van der Waals surface area contributed by atoms with Gasteiger partial charge in [0.15, 0.2) is 17.3 Å². The number of nitro groups is 1. The Morgan fingerprint density at radius 3 is 2.63 bits per heavy atom. The lowest BCUT2D eigenvalue weighted by atomic mass is 10.2. The van der Waals surface area contributed by atoms with Crippen molar-refractivity contribution in [1.29, 1.82) is 0 Å². The third kappa shape index (κ3) is 4.13. The molecule has 0 amide bonds. The number of nitrogens with zero attached hydrogens (tertiary/aromatic N) is 7. The first-order chi connectivity index (χ1) is 14.4. The van der Waals surface area contributed by atoms with Crippen molar-refractivity contribution in [3.63, 3.8) is 0 Å². The highest BCUT2D eigenvalue weighted by molar-refractivity contribution is 7.98. The monoisotopic (exact) mass is 431 g/mol. The van der Waals surface area contributed by atoms with Crippen LogP contribution in [0.5, 0.6) is 11.5 Å². The Balaban J connectivity index is 1.84. The van der Waals surface area contributed by atoms with Crippen LogP contribution in [-0.4, -0.2) is 50.0 Å². The van der Waals surface area contributed by atoms with Crippen LogP contribution in [0, 0.1) is 30.9 Å². The number of thioether (sulfide) groups is 1. The number of rotatable bonds is 8. The van der Waals surface area contributed by atoms with E-state index in [4.69, 9.17) is 9.47 Å². The molecule has 0 bridgehead atoms. The molecule has 0 aliphatic rings. The van der Waals surface area contributed by atoms with E-state index in [1.807, 2.05) is 12.1 Å². The molecular formula is C18H21N7O4S. The second-order valence-electron chi connectivity index (χ2n) is 6.22. The number of methoxy groups -OCH3 is 2. The maximum atomic E-state index is 11.2. The van der Waals surface area contributed by atoms with Crippen molar-refractivity contribution in [3.05, 3.63) is 51.1 Å². The van der Waals surface area contributed by atoms with Crippen molar-refractivity contribution in [2.24, 2.45) is 5.10 Å². The summed E-state index contributed by atoms with van der Waals surface area (Å²) in [5.41, 5.74) is 1.61. The summed E-state index contributed by atoms with van der Waals surface area (Å²) in [5.74, 6) is 2.09. The summed E-state index contributed by atoms with van der Waals surface area (Å²) < 4.78 is 13.9. The third-order valence-electron chi connectivity index (χ3n) is 4.36. The molecular weight excluding hydrogens is 410 g/mol. The van der Waals surface area contributed by atoms with Crippen LogP contribution >= 0.6 is 11.8 Å². The van der Waals surface area contributed by atoms with Gasteiger partial charge in [0, 0.05) is 5.56 Å². The second kappa shape index (κ2) is 8.95. The maximum Gasteiger partial charge on any atom is 0.312 e. The van der Waals surface area contributed by atoms with Crippen molar-refractivity contribution in [3.8, 4) is 11.5 Å². The van der Waals surface area contributed by atoms with Crippen LogP contribution in [0.2, 0.25) is 0 Å². The molecule has 3 rings (SSSR count). The van der Waals surface area contributed by atoms with Gasteiger partial charge in [0.2, 0.25) is 5.16 Å². The van der Waals surface area contributed by atoms with Gasteiger partial charge in [-0.1, -0.05) is 17.8 Å². The molecule has 2 heterocycles. The molecule has 1 aromatic carbocycles. The Bertz CT molecular complexity index is 1110. The molecule has 12 heteroatoms. The third-order valence-corrected chi connectivity index (χ3v) is 5.24. The van der Waals surface area contributed by atoms with E-state index in [1.165, 1.54) is 11.8 Å². The van der Waals surface area contributed by atoms with Crippen molar-refractivity contribution >= 4 is 23.7 Å². The zero-order valence-corrected chi connectivity index (χ0v) is 18.0. The summed E-state index contributed by atoms with van der Waals surface area (Å²) in [7, 11) is 3.13. The average molecular weight is 431 g/mol. The van der Waals surface area contributed by atoms with E-state index >= 15 is 0 Å². The van der Waals surface area contributed by atoms with Crippen molar-refractivity contribution in [2.45, 2.75) is 31.8 Å². The molecule has 158 valence electrons. The highest BCUT2D eigenvalue weighted by Gasteiger charge is 2.22. The van der Waals surface area contributed by atoms with Gasteiger partial charge >= 0.3 is 5.69 Å². The predicted molar refractivity (Wildman–Crippen MR) is 112 cm³/mol. The van der Waals surface area contributed by atoms with Gasteiger partial charge in [-0.2, -0.15) is 14.9 Å². The summed E-state index contributed by atoms with van der Waals surface area (Å²) in [5, 5.41) is 28.7. The fraction of sp³-hybridized carbons (Fsp3) is 0.333. The smallest absolute Gasteiger partial charge is 0.312 e. The lowest BCUT2D eigenvalue weighted by molar-refractivity contribution is -0.386. The fourth-order valence-electron chi connectivity index (χ4n) is 2.89. The minimum Gasteiger partial charge on any atom is -0.493 e. The summed E-state index contributed by atoms with van der Waals surface area (Å²) >= 11 is 1.32. The Morgan fingerprint density at radius 2 is 2.00 bits per heavy atom. The van der Waals surface area contributed by atoms with Gasteiger partial charge in [-0.05, 0) is 32.9 Å². The second-order valence-corrected chi connectivity index (χ2v) is 7.13. The maximum absolute atomic E-state index is 11.2. The summed E-state index contributed by atoms with van der Waals surface area (Å²) in [6, 6.07) is 5.49. The van der Waals surface area contributed by atoms with Crippen LogP contribution in [0.15, 0.2) is 28.5 Å². The lowest BCUT2D eigenvalue weighted by Crippen LogP contribution is -2.03. The molecule has 0 saturated carbocycles. The first-order valence-electron chi connectivity index (χ1n) is 8.86. The van der Waals surface area contributed by atoms with Gasteiger partial charge in [-0.3, -0.25) is 14.8 Å².